The molecule has 7 heteroatoms. The third-order valence-corrected chi connectivity index (χ3v) is 5.41. The molecule has 110 valence electrons. The summed E-state index contributed by atoms with van der Waals surface area (Å²) in [5.74, 6) is 0.410. The van der Waals surface area contributed by atoms with Crippen molar-refractivity contribution in [2.24, 2.45) is 5.92 Å². The second-order valence-electron chi connectivity index (χ2n) is 4.01. The minimum absolute atomic E-state index is 0.119. The van der Waals surface area contributed by atoms with Crippen LogP contribution in [0.5, 0.6) is 0 Å². The van der Waals surface area contributed by atoms with E-state index < -0.39 is 7.82 Å². The van der Waals surface area contributed by atoms with E-state index in [1.54, 1.807) is 13.8 Å². The molecule has 5 nitrogen and oxygen atoms in total. The first-order valence-electron chi connectivity index (χ1n) is 6.37. The second kappa shape index (κ2) is 8.10. The van der Waals surface area contributed by atoms with Crippen molar-refractivity contribution in [2.75, 3.05) is 19.5 Å². The minimum atomic E-state index is -3.57. The lowest BCUT2D eigenvalue weighted by Crippen LogP contribution is -2.25. The summed E-state index contributed by atoms with van der Waals surface area (Å²) < 4.78 is 28.0. The van der Waals surface area contributed by atoms with Gasteiger partial charge in [-0.3, -0.25) is 9.05 Å². The summed E-state index contributed by atoms with van der Waals surface area (Å²) in [6, 6.07) is 0. The van der Waals surface area contributed by atoms with Crippen LogP contribution in [-0.4, -0.2) is 31.0 Å². The lowest BCUT2D eigenvalue weighted by atomic mass is 9.94. The highest BCUT2D eigenvalue weighted by molar-refractivity contribution is 7.99. The average Bonchev–Trinajstić information content (AvgIpc) is 2.38. The topological polar surface area (TPSA) is 61.8 Å². The predicted molar refractivity (Wildman–Crippen MR) is 76.1 cm³/mol. The van der Waals surface area contributed by atoms with E-state index in [2.05, 4.69) is 0 Å². The molecule has 1 aliphatic carbocycles. The molecule has 0 aromatic rings. The summed E-state index contributed by atoms with van der Waals surface area (Å²) in [6.07, 6.45) is 6.22. The monoisotopic (exact) mass is 308 g/mol. The van der Waals surface area contributed by atoms with E-state index in [4.69, 9.17) is 13.6 Å². The molecular formula is C12H21O5PS. The highest BCUT2D eigenvalue weighted by Gasteiger charge is 2.35. The molecule has 0 saturated heterocycles. The van der Waals surface area contributed by atoms with Crippen LogP contribution in [0.15, 0.2) is 11.8 Å². The molecule has 2 atom stereocenters. The van der Waals surface area contributed by atoms with Crippen molar-refractivity contribution in [3.05, 3.63) is 11.8 Å². The Balaban J connectivity index is 2.85. The van der Waals surface area contributed by atoms with Crippen molar-refractivity contribution in [1.29, 1.82) is 0 Å². The number of rotatable bonds is 8. The maximum absolute atomic E-state index is 12.3. The van der Waals surface area contributed by atoms with Crippen molar-refractivity contribution in [3.63, 3.8) is 0 Å². The Hall–Kier alpha value is -0.290. The zero-order chi connectivity index (χ0) is 14.3. The van der Waals surface area contributed by atoms with Gasteiger partial charge in [-0.2, -0.15) is 11.8 Å². The van der Waals surface area contributed by atoms with Gasteiger partial charge in [-0.15, -0.1) is 0 Å². The Kier molecular flexibility index (Phi) is 7.15. The normalized spacial score (nSPS) is 23.8. The minimum Gasteiger partial charge on any atom is -0.408 e. The Bertz CT molecular complexity index is 361. The zero-order valence-corrected chi connectivity index (χ0v) is 13.2. The molecule has 0 aromatic heterocycles. The lowest BCUT2D eigenvalue weighted by Gasteiger charge is -2.29. The van der Waals surface area contributed by atoms with Gasteiger partial charge in [0.1, 0.15) is 12.0 Å². The molecule has 1 rings (SSSR count). The molecular weight excluding hydrogens is 287 g/mol. The fourth-order valence-electron chi connectivity index (χ4n) is 1.95. The molecule has 0 N–H and O–H groups in total. The zero-order valence-electron chi connectivity index (χ0n) is 11.5. The summed E-state index contributed by atoms with van der Waals surface area (Å²) in [6.45, 7) is 3.94. The van der Waals surface area contributed by atoms with Crippen molar-refractivity contribution >= 4 is 25.9 Å². The molecule has 0 unspecified atom stereocenters. The number of phosphoric acid groups is 1. The third kappa shape index (κ3) is 4.63. The van der Waals surface area contributed by atoms with Gasteiger partial charge in [0.2, 0.25) is 0 Å². The van der Waals surface area contributed by atoms with Crippen LogP contribution in [0.4, 0.5) is 0 Å². The molecule has 0 amide bonds. The van der Waals surface area contributed by atoms with Crippen molar-refractivity contribution < 1.29 is 22.9 Å². The summed E-state index contributed by atoms with van der Waals surface area (Å²) >= 11 is 1.51. The summed E-state index contributed by atoms with van der Waals surface area (Å²) in [7, 11) is -3.57. The molecule has 1 aliphatic rings. The molecule has 0 heterocycles. The maximum Gasteiger partial charge on any atom is 0.529 e. The summed E-state index contributed by atoms with van der Waals surface area (Å²) in [5.41, 5.74) is 0. The van der Waals surface area contributed by atoms with Gasteiger partial charge in [-0.1, -0.05) is 0 Å². The van der Waals surface area contributed by atoms with Crippen molar-refractivity contribution in [1.82, 2.24) is 0 Å². The van der Waals surface area contributed by atoms with E-state index >= 15 is 0 Å². The van der Waals surface area contributed by atoms with E-state index in [1.165, 1.54) is 11.8 Å². The van der Waals surface area contributed by atoms with Gasteiger partial charge >= 0.3 is 7.82 Å². The van der Waals surface area contributed by atoms with E-state index in [1.807, 2.05) is 12.3 Å². The number of hydrogen-bond acceptors (Lipinski definition) is 6. The van der Waals surface area contributed by atoms with Crippen LogP contribution in [-0.2, 0) is 22.9 Å². The van der Waals surface area contributed by atoms with E-state index in [0.717, 1.165) is 19.1 Å². The number of carbonyl (C=O) groups excluding carboxylic acids is 1. The van der Waals surface area contributed by atoms with Crippen LogP contribution in [0, 0.1) is 5.92 Å². The Labute approximate surface area is 118 Å². The lowest BCUT2D eigenvalue weighted by molar-refractivity contribution is -0.111. The quantitative estimate of drug-likeness (QED) is 0.506. The number of aldehydes is 1. The molecule has 0 bridgehead atoms. The molecule has 0 aromatic carbocycles. The van der Waals surface area contributed by atoms with Gasteiger partial charge in [0.15, 0.2) is 0 Å². The van der Waals surface area contributed by atoms with Crippen molar-refractivity contribution in [3.8, 4) is 0 Å². The van der Waals surface area contributed by atoms with Gasteiger partial charge in [0.25, 0.3) is 0 Å². The molecule has 0 spiro atoms. The predicted octanol–water partition coefficient (Wildman–Crippen LogP) is 3.41. The Morgan fingerprint density at radius 2 is 2.05 bits per heavy atom. The van der Waals surface area contributed by atoms with Crippen LogP contribution in [0.1, 0.15) is 26.7 Å². The van der Waals surface area contributed by atoms with Crippen LogP contribution < -0.4 is 0 Å². The molecule has 0 saturated carbocycles. The van der Waals surface area contributed by atoms with Crippen LogP contribution in [0.3, 0.4) is 0 Å². The Morgan fingerprint density at radius 1 is 1.42 bits per heavy atom. The first-order valence-corrected chi connectivity index (χ1v) is 9.11. The van der Waals surface area contributed by atoms with Crippen molar-refractivity contribution in [2.45, 2.75) is 31.9 Å². The first-order chi connectivity index (χ1) is 9.10. The summed E-state index contributed by atoms with van der Waals surface area (Å²) in [4.78, 5) is 11.1. The van der Waals surface area contributed by atoms with E-state index in [0.29, 0.717) is 5.76 Å². The molecule has 19 heavy (non-hydrogen) atoms. The van der Waals surface area contributed by atoms with Gasteiger partial charge in [-0.05, 0) is 39.0 Å². The molecule has 0 fully saturated rings. The standard InChI is InChI=1S/C12H21O5PS/c1-4-15-18(14,16-5-2)17-11-8-6-7-10(9-13)12(11)19-3/h8-10,12H,4-7H2,1-3H3/t10-,12+/m1/s1. The van der Waals surface area contributed by atoms with Gasteiger partial charge < -0.3 is 9.32 Å². The number of phosphoric ester groups is 1. The molecule has 0 aliphatic heterocycles. The van der Waals surface area contributed by atoms with Crippen LogP contribution in [0.2, 0.25) is 0 Å². The summed E-state index contributed by atoms with van der Waals surface area (Å²) in [5, 5.41) is -0.125. The maximum atomic E-state index is 12.3. The SMILES string of the molecule is CCOP(=O)(OCC)OC1=CCC[C@H](C=O)[C@@H]1SC. The van der Waals surface area contributed by atoms with Crippen LogP contribution in [0.25, 0.3) is 0 Å². The largest absolute Gasteiger partial charge is 0.529 e. The number of hydrogen-bond donors (Lipinski definition) is 0. The van der Waals surface area contributed by atoms with Gasteiger partial charge in [0, 0.05) is 5.92 Å². The van der Waals surface area contributed by atoms with Gasteiger partial charge in [0.05, 0.1) is 18.5 Å². The fourth-order valence-corrected chi connectivity index (χ4v) is 4.21. The van der Waals surface area contributed by atoms with E-state index in [9.17, 15) is 9.36 Å². The van der Waals surface area contributed by atoms with Gasteiger partial charge in [-0.25, -0.2) is 4.57 Å². The second-order valence-corrected chi connectivity index (χ2v) is 6.59. The fraction of sp³-hybridized carbons (Fsp3) is 0.750. The Morgan fingerprint density at radius 3 is 2.53 bits per heavy atom. The van der Waals surface area contributed by atoms with Crippen LogP contribution >= 0.6 is 19.6 Å². The average molecular weight is 308 g/mol. The third-order valence-electron chi connectivity index (χ3n) is 2.74. The highest BCUT2D eigenvalue weighted by Crippen LogP contribution is 2.53. The smallest absolute Gasteiger partial charge is 0.408 e. The first kappa shape index (κ1) is 16.8. The number of allylic oxidation sites excluding steroid dienone is 1. The highest BCUT2D eigenvalue weighted by atomic mass is 32.2. The number of thioether (sulfide) groups is 1. The molecule has 0 radical (unpaired) electrons. The van der Waals surface area contributed by atoms with E-state index in [-0.39, 0.29) is 24.4 Å². The number of carbonyl (C=O) groups is 1.